The number of thiocarbonyl (C=S) groups is 1. The molecule has 0 spiro atoms. The molecule has 0 atom stereocenters. The fourth-order valence-electron chi connectivity index (χ4n) is 2.94. The molecule has 2 N–H and O–H groups in total. The first-order valence-corrected chi connectivity index (χ1v) is 10.9. The van der Waals surface area contributed by atoms with Crippen molar-refractivity contribution >= 4 is 35.0 Å². The molecule has 0 aromatic heterocycles. The Morgan fingerprint density at radius 2 is 1.56 bits per heavy atom. The first-order valence-electron chi connectivity index (χ1n) is 10.5. The van der Waals surface area contributed by atoms with E-state index in [0.29, 0.717) is 36.1 Å². The Kier molecular flexibility index (Phi) is 9.30. The second-order valence-corrected chi connectivity index (χ2v) is 7.34. The summed E-state index contributed by atoms with van der Waals surface area (Å²) in [7, 11) is 3.12. The number of hydrogen-bond donors (Lipinski definition) is 2. The van der Waals surface area contributed by atoms with Crippen molar-refractivity contribution < 1.29 is 23.7 Å². The average molecular weight is 479 g/mol. The number of ether oxygens (including phenoxy) is 4. The number of amides is 1. The maximum Gasteiger partial charge on any atom is 0.250 e. The van der Waals surface area contributed by atoms with Crippen LogP contribution in [-0.2, 0) is 4.79 Å². The zero-order valence-corrected chi connectivity index (χ0v) is 19.8. The van der Waals surface area contributed by atoms with Crippen LogP contribution in [0.25, 0.3) is 6.08 Å². The molecule has 7 nitrogen and oxygen atoms in total. The number of benzene rings is 3. The largest absolute Gasteiger partial charge is 0.493 e. The summed E-state index contributed by atoms with van der Waals surface area (Å²) in [5.74, 6) is 2.28. The van der Waals surface area contributed by atoms with Crippen molar-refractivity contribution in [2.45, 2.75) is 0 Å². The van der Waals surface area contributed by atoms with Gasteiger partial charge in [-0.05, 0) is 60.3 Å². The van der Waals surface area contributed by atoms with Gasteiger partial charge in [-0.25, -0.2) is 0 Å². The Morgan fingerprint density at radius 1 is 0.853 bits per heavy atom. The summed E-state index contributed by atoms with van der Waals surface area (Å²) in [4.78, 5) is 12.2. The van der Waals surface area contributed by atoms with E-state index in [1.165, 1.54) is 6.08 Å². The summed E-state index contributed by atoms with van der Waals surface area (Å²) < 4.78 is 21.8. The highest BCUT2D eigenvalue weighted by molar-refractivity contribution is 7.80. The van der Waals surface area contributed by atoms with E-state index in [1.807, 2.05) is 54.6 Å². The van der Waals surface area contributed by atoms with Gasteiger partial charge < -0.3 is 24.3 Å². The second kappa shape index (κ2) is 12.9. The van der Waals surface area contributed by atoms with Gasteiger partial charge in [-0.15, -0.1) is 0 Å². The highest BCUT2D eigenvalue weighted by atomic mass is 32.1. The molecule has 3 rings (SSSR count). The smallest absolute Gasteiger partial charge is 0.250 e. The minimum atomic E-state index is -0.363. The van der Waals surface area contributed by atoms with Gasteiger partial charge in [0.1, 0.15) is 24.7 Å². The van der Waals surface area contributed by atoms with Crippen LogP contribution in [0, 0.1) is 0 Å². The van der Waals surface area contributed by atoms with E-state index in [-0.39, 0.29) is 11.0 Å². The van der Waals surface area contributed by atoms with Crippen LogP contribution in [0.4, 0.5) is 5.69 Å². The lowest BCUT2D eigenvalue weighted by molar-refractivity contribution is -0.115. The van der Waals surface area contributed by atoms with Crippen molar-refractivity contribution in [2.75, 3.05) is 32.8 Å². The van der Waals surface area contributed by atoms with Crippen LogP contribution in [0.15, 0.2) is 78.9 Å². The number of para-hydroxylation sites is 1. The summed E-state index contributed by atoms with van der Waals surface area (Å²) in [5.41, 5.74) is 1.48. The Bertz CT molecular complexity index is 1140. The van der Waals surface area contributed by atoms with Gasteiger partial charge in [-0.2, -0.15) is 0 Å². The van der Waals surface area contributed by atoms with Gasteiger partial charge >= 0.3 is 0 Å². The van der Waals surface area contributed by atoms with Crippen molar-refractivity contribution in [1.82, 2.24) is 5.32 Å². The molecule has 0 aliphatic rings. The third-order valence-corrected chi connectivity index (χ3v) is 4.73. The summed E-state index contributed by atoms with van der Waals surface area (Å²) in [6, 6.07) is 22.2. The highest BCUT2D eigenvalue weighted by Gasteiger charge is 2.05. The molecule has 0 radical (unpaired) electrons. The normalized spacial score (nSPS) is 10.4. The molecule has 1 amide bonds. The first-order chi connectivity index (χ1) is 16.6. The predicted molar refractivity (Wildman–Crippen MR) is 137 cm³/mol. The zero-order valence-electron chi connectivity index (χ0n) is 18.9. The fraction of sp³-hybridized carbons (Fsp3) is 0.154. The van der Waals surface area contributed by atoms with E-state index in [0.717, 1.165) is 11.3 Å². The minimum Gasteiger partial charge on any atom is -0.493 e. The van der Waals surface area contributed by atoms with Crippen molar-refractivity contribution in [3.63, 3.8) is 0 Å². The molecule has 0 saturated heterocycles. The minimum absolute atomic E-state index is 0.173. The van der Waals surface area contributed by atoms with Crippen molar-refractivity contribution in [3.05, 3.63) is 84.4 Å². The number of carbonyl (C=O) groups excluding carboxylic acids is 1. The van der Waals surface area contributed by atoms with Crippen LogP contribution in [0.2, 0.25) is 0 Å². The number of carbonyl (C=O) groups is 1. The van der Waals surface area contributed by atoms with E-state index >= 15 is 0 Å². The summed E-state index contributed by atoms with van der Waals surface area (Å²) in [6.07, 6.45) is 3.05. The molecule has 34 heavy (non-hydrogen) atoms. The molecule has 0 aliphatic heterocycles. The van der Waals surface area contributed by atoms with Crippen molar-refractivity contribution in [1.29, 1.82) is 0 Å². The number of hydrogen-bond acceptors (Lipinski definition) is 6. The van der Waals surface area contributed by atoms with Crippen molar-refractivity contribution in [2.24, 2.45) is 0 Å². The van der Waals surface area contributed by atoms with E-state index < -0.39 is 0 Å². The van der Waals surface area contributed by atoms with Crippen LogP contribution in [0.3, 0.4) is 0 Å². The number of anilines is 1. The molecule has 0 bridgehead atoms. The average Bonchev–Trinajstić information content (AvgIpc) is 2.86. The quantitative estimate of drug-likeness (QED) is 0.249. The maximum absolute atomic E-state index is 12.2. The zero-order chi connectivity index (χ0) is 24.2. The van der Waals surface area contributed by atoms with Gasteiger partial charge in [-0.1, -0.05) is 30.3 Å². The third-order valence-electron chi connectivity index (χ3n) is 4.53. The molecule has 3 aromatic rings. The molecule has 0 aliphatic carbocycles. The molecule has 0 fully saturated rings. The summed E-state index contributed by atoms with van der Waals surface area (Å²) >= 11 is 5.24. The standard InChI is InChI=1S/C26H26N2O5S/c1-30-23-13-11-19(17-24(23)31-2)12-14-25(29)28-26(34)27-20-7-6-10-22(18-20)33-16-15-32-21-8-4-3-5-9-21/h3-14,17-18H,15-16H2,1-2H3,(H2,27,28,29,34)/b14-12+. The lowest BCUT2D eigenvalue weighted by Crippen LogP contribution is -2.32. The molecule has 176 valence electrons. The molecule has 0 saturated carbocycles. The molecular weight excluding hydrogens is 452 g/mol. The Labute approximate surface area is 204 Å². The van der Waals surface area contributed by atoms with Gasteiger partial charge in [0.05, 0.1) is 14.2 Å². The first kappa shape index (κ1) is 24.6. The lowest BCUT2D eigenvalue weighted by atomic mass is 10.2. The van der Waals surface area contributed by atoms with Crippen LogP contribution < -0.4 is 29.6 Å². The number of nitrogens with one attached hydrogen (secondary N) is 2. The second-order valence-electron chi connectivity index (χ2n) is 6.93. The van der Waals surface area contributed by atoms with E-state index in [2.05, 4.69) is 10.6 Å². The topological polar surface area (TPSA) is 78.1 Å². The number of methoxy groups -OCH3 is 2. The SMILES string of the molecule is COc1ccc(/C=C/C(=O)NC(=S)Nc2cccc(OCCOc3ccccc3)c2)cc1OC. The Hall–Kier alpha value is -4.04. The van der Waals surface area contributed by atoms with Crippen LogP contribution in [0.5, 0.6) is 23.0 Å². The summed E-state index contributed by atoms with van der Waals surface area (Å²) in [6.45, 7) is 0.809. The third kappa shape index (κ3) is 7.83. The highest BCUT2D eigenvalue weighted by Crippen LogP contribution is 2.28. The Morgan fingerprint density at radius 3 is 2.29 bits per heavy atom. The summed E-state index contributed by atoms with van der Waals surface area (Å²) in [5, 5.41) is 5.77. The van der Waals surface area contributed by atoms with Gasteiger partial charge in [0, 0.05) is 17.8 Å². The molecule has 3 aromatic carbocycles. The van der Waals surface area contributed by atoms with E-state index in [4.69, 9.17) is 31.2 Å². The van der Waals surface area contributed by atoms with Crippen LogP contribution >= 0.6 is 12.2 Å². The lowest BCUT2D eigenvalue weighted by Gasteiger charge is -2.11. The number of rotatable bonds is 10. The van der Waals surface area contributed by atoms with Gasteiger partial charge in [0.2, 0.25) is 5.91 Å². The Balaban J connectivity index is 1.46. The van der Waals surface area contributed by atoms with Crippen LogP contribution in [-0.4, -0.2) is 38.5 Å². The molecule has 0 heterocycles. The fourth-order valence-corrected chi connectivity index (χ4v) is 3.16. The predicted octanol–water partition coefficient (Wildman–Crippen LogP) is 4.69. The molecule has 0 unspecified atom stereocenters. The van der Waals surface area contributed by atoms with Gasteiger partial charge in [-0.3, -0.25) is 10.1 Å². The maximum atomic E-state index is 12.2. The van der Waals surface area contributed by atoms with Gasteiger partial charge in [0.25, 0.3) is 0 Å². The van der Waals surface area contributed by atoms with E-state index in [9.17, 15) is 4.79 Å². The monoisotopic (exact) mass is 478 g/mol. The van der Waals surface area contributed by atoms with Gasteiger partial charge in [0.15, 0.2) is 16.6 Å². The van der Waals surface area contributed by atoms with E-state index in [1.54, 1.807) is 38.5 Å². The molecular formula is C26H26N2O5S. The van der Waals surface area contributed by atoms with Crippen LogP contribution in [0.1, 0.15) is 5.56 Å². The molecule has 8 heteroatoms. The van der Waals surface area contributed by atoms with Crippen molar-refractivity contribution in [3.8, 4) is 23.0 Å².